The number of anilines is 2. The van der Waals surface area contributed by atoms with E-state index in [0.29, 0.717) is 133 Å². The molecule has 4 aliphatic rings. The predicted molar refractivity (Wildman–Crippen MR) is 382 cm³/mol. The Morgan fingerprint density at radius 3 is 2.04 bits per heavy atom. The smallest absolute Gasteiger partial charge is 0.320 e. The lowest BCUT2D eigenvalue weighted by Crippen LogP contribution is -2.59. The number of nitrogens with one attached hydrogen (secondary N) is 5. The van der Waals surface area contributed by atoms with Crippen molar-refractivity contribution in [2.24, 2.45) is 5.41 Å². The number of rotatable bonds is 36. The number of para-hydroxylation sites is 1. The van der Waals surface area contributed by atoms with Gasteiger partial charge in [0.15, 0.2) is 5.67 Å². The topological polar surface area (TPSA) is 308 Å². The molecule has 0 radical (unpaired) electrons. The molecule has 4 fully saturated rings. The van der Waals surface area contributed by atoms with E-state index in [1.54, 1.807) is 56.5 Å². The van der Waals surface area contributed by atoms with Crippen LogP contribution in [0.3, 0.4) is 0 Å². The number of hydrogen-bond donors (Lipinski definition) is 6. The largest absolute Gasteiger partial charge is 0.391 e. The second-order valence-electron chi connectivity index (χ2n) is 27.3. The molecular weight excluding hydrogens is 1350 g/mol. The molecule has 556 valence electrons. The number of nitrogens with zero attached hydrogens (tertiary/aromatic N) is 9. The van der Waals surface area contributed by atoms with Gasteiger partial charge in [-0.2, -0.15) is 5.10 Å². The van der Waals surface area contributed by atoms with Crippen molar-refractivity contribution in [3.8, 4) is 27.4 Å². The first kappa shape index (κ1) is 77.2. The zero-order valence-electron chi connectivity index (χ0n) is 59.4. The van der Waals surface area contributed by atoms with E-state index < -0.39 is 59.1 Å². The Morgan fingerprint density at radius 2 is 1.42 bits per heavy atom. The van der Waals surface area contributed by atoms with Crippen LogP contribution in [0.25, 0.3) is 27.4 Å². The van der Waals surface area contributed by atoms with E-state index in [0.717, 1.165) is 27.4 Å². The number of ether oxygens (including phenoxy) is 6. The maximum Gasteiger partial charge on any atom is 0.320 e. The van der Waals surface area contributed by atoms with Crippen LogP contribution in [0.5, 0.6) is 0 Å². The molecule has 6 N–H and O–H groups in total. The average Bonchev–Trinajstić information content (AvgIpc) is 1.67. The summed E-state index contributed by atoms with van der Waals surface area (Å²) < 4.78 is 64.5. The van der Waals surface area contributed by atoms with Crippen LogP contribution in [-0.4, -0.2) is 249 Å². The number of carbonyl (C=O) groups is 6. The van der Waals surface area contributed by atoms with Gasteiger partial charge in [0.1, 0.15) is 29.4 Å². The van der Waals surface area contributed by atoms with Crippen molar-refractivity contribution in [1.82, 2.24) is 60.7 Å². The fourth-order valence-corrected chi connectivity index (χ4v) is 13.6. The minimum absolute atomic E-state index is 0.00396. The second kappa shape index (κ2) is 36.8. The number of aryl methyl sites for hydroxylation is 1. The van der Waals surface area contributed by atoms with Gasteiger partial charge < -0.3 is 69.5 Å². The van der Waals surface area contributed by atoms with E-state index in [1.807, 2.05) is 84.3 Å². The number of aliphatic hydroxyl groups excluding tert-OH is 1. The number of aromatic nitrogens is 5. The quantitative estimate of drug-likeness (QED) is 0.0249. The van der Waals surface area contributed by atoms with E-state index in [-0.39, 0.29) is 94.6 Å². The highest BCUT2D eigenvalue weighted by Gasteiger charge is 2.53. The lowest BCUT2D eigenvalue weighted by Gasteiger charge is -2.36. The summed E-state index contributed by atoms with van der Waals surface area (Å²) in [5.41, 5.74) is 4.81. The summed E-state index contributed by atoms with van der Waals surface area (Å²) in [7, 11) is 1.65. The summed E-state index contributed by atoms with van der Waals surface area (Å²) in [5, 5.41) is 30.4. The van der Waals surface area contributed by atoms with Gasteiger partial charge in [0.2, 0.25) is 29.6 Å². The Labute approximate surface area is 603 Å². The van der Waals surface area contributed by atoms with Gasteiger partial charge in [-0.1, -0.05) is 75.4 Å². The van der Waals surface area contributed by atoms with Gasteiger partial charge in [-0.15, -0.1) is 11.3 Å². The standard InChI is InChI=1S/C73H96F2N14O13S/c1-48-63(84-89(55-13-8-7-9-14-55)66(48)83-71(96)81-59-46-85(27-30-97-6)45-57(59)52-11-10-12-54(74)39-52)53-42-77-70(78-43-53)87-25-23-86(24-26-87)62(92)19-28-98-31-33-100-35-37-102-38-36-101-34-32-99-29-22-76-61(91)41-58(50-15-17-51(18-16-50)64-49(2)79-47-103-64)80-67(93)60-40-56(90)44-88(60)68(94)65(72(3,4)5)82-69(95)73(75)20-21-73/h7-18,39,42-43,47,56-60,65,90H,19-38,40-41,44-46H2,1-6H3,(H,76,91)(H,80,93)(H,82,95)(H2,81,83,96)/t56-,57+,58+,59-,60+,65-/m1/s1. The molecule has 6 atom stereocenters. The van der Waals surface area contributed by atoms with E-state index in [4.69, 9.17) is 43.5 Å². The van der Waals surface area contributed by atoms with Crippen LogP contribution in [0.2, 0.25) is 0 Å². The molecule has 30 heteroatoms. The Bertz CT molecular complexity index is 3780. The summed E-state index contributed by atoms with van der Waals surface area (Å²) in [6.07, 6.45) is 2.55. The number of alkyl halides is 1. The molecule has 0 spiro atoms. The normalized spacial score (nSPS) is 18.7. The Balaban J connectivity index is 0.571. The highest BCUT2D eigenvalue weighted by molar-refractivity contribution is 7.13. The predicted octanol–water partition coefficient (Wildman–Crippen LogP) is 5.92. The molecule has 6 heterocycles. The number of amides is 7. The number of aliphatic hydroxyl groups is 1. The summed E-state index contributed by atoms with van der Waals surface area (Å²) in [6.45, 7) is 16.6. The maximum absolute atomic E-state index is 14.8. The molecule has 1 aliphatic carbocycles. The van der Waals surface area contributed by atoms with Crippen LogP contribution < -0.4 is 31.5 Å². The minimum atomic E-state index is -2.02. The molecule has 10 rings (SSSR count). The van der Waals surface area contributed by atoms with Gasteiger partial charge >= 0.3 is 6.03 Å². The number of halogens is 2. The van der Waals surface area contributed by atoms with E-state index in [2.05, 4.69) is 36.5 Å². The SMILES string of the molecule is COCCN1C[C@@H](NC(=O)Nc2c(C)c(-c3cnc(N4CCN(C(=O)CCOCCOCCOCCOCCOCCNC(=O)C[C@H](NC(=O)[C@@H]5C[C@@H](O)CN5C(=O)[C@@H](NC(=O)C5(F)CC5)C(C)(C)C)c5ccc(-c6scnc6C)cc5)CC4)nc3)nn2-c2ccccc2)[C@H](c2cccc(F)c2)C1. The number of β-amino-alcohol motifs (C(OH)–C–C–N with tert-alkyl or cyclic N) is 1. The minimum Gasteiger partial charge on any atom is -0.391 e. The third kappa shape index (κ3) is 21.4. The monoisotopic (exact) mass is 1450 g/mol. The van der Waals surface area contributed by atoms with Gasteiger partial charge in [-0.25, -0.2) is 33.2 Å². The summed E-state index contributed by atoms with van der Waals surface area (Å²) in [6, 6.07) is 19.6. The van der Waals surface area contributed by atoms with Crippen molar-refractivity contribution < 1.29 is 71.1 Å². The van der Waals surface area contributed by atoms with Crippen molar-refractivity contribution in [2.45, 2.75) is 109 Å². The van der Waals surface area contributed by atoms with Gasteiger partial charge in [-0.05, 0) is 73.1 Å². The molecule has 7 amide bonds. The molecular formula is C73H96F2N14O13S. The molecule has 27 nitrogen and oxygen atoms in total. The first-order valence-corrected chi connectivity index (χ1v) is 36.0. The molecule has 103 heavy (non-hydrogen) atoms. The molecule has 6 aromatic rings. The first-order valence-electron chi connectivity index (χ1n) is 35.2. The molecule has 3 aromatic heterocycles. The fourth-order valence-electron chi connectivity index (χ4n) is 12.8. The highest BCUT2D eigenvalue weighted by atomic mass is 32.1. The Hall–Kier alpha value is -8.46. The van der Waals surface area contributed by atoms with Crippen LogP contribution in [-0.2, 0) is 52.4 Å². The number of likely N-dealkylation sites (tertiary alicyclic amines) is 2. The molecule has 3 aliphatic heterocycles. The molecule has 1 saturated carbocycles. The third-order valence-corrected chi connectivity index (χ3v) is 19.7. The maximum atomic E-state index is 14.8. The number of thiazole rings is 1. The lowest BCUT2D eigenvalue weighted by molar-refractivity contribution is -0.145. The molecule has 3 aromatic carbocycles. The third-order valence-electron chi connectivity index (χ3n) is 18.7. The molecule has 0 unspecified atom stereocenters. The van der Waals surface area contributed by atoms with Crippen molar-refractivity contribution in [3.63, 3.8) is 0 Å². The van der Waals surface area contributed by atoms with Gasteiger partial charge in [0, 0.05) is 102 Å². The van der Waals surface area contributed by atoms with Gasteiger partial charge in [0.25, 0.3) is 5.91 Å². The number of benzene rings is 3. The summed E-state index contributed by atoms with van der Waals surface area (Å²) in [5.74, 6) is -1.91. The van der Waals surface area contributed by atoms with Crippen molar-refractivity contribution >= 4 is 58.7 Å². The zero-order valence-corrected chi connectivity index (χ0v) is 60.2. The lowest BCUT2D eigenvalue weighted by atomic mass is 9.85. The van der Waals surface area contributed by atoms with Crippen LogP contribution in [0.1, 0.15) is 87.2 Å². The number of methoxy groups -OCH3 is 1. The highest BCUT2D eigenvalue weighted by Crippen LogP contribution is 2.41. The zero-order chi connectivity index (χ0) is 73.0. The first-order chi connectivity index (χ1) is 49.7. The van der Waals surface area contributed by atoms with Crippen LogP contribution in [0, 0.1) is 25.1 Å². The average molecular weight is 1450 g/mol. The Kier molecular flexibility index (Phi) is 27.6. The van der Waals surface area contributed by atoms with Gasteiger partial charge in [0.05, 0.1) is 125 Å². The Morgan fingerprint density at radius 1 is 0.757 bits per heavy atom. The summed E-state index contributed by atoms with van der Waals surface area (Å²) in [4.78, 5) is 104. The van der Waals surface area contributed by atoms with Crippen molar-refractivity contribution in [1.29, 1.82) is 0 Å². The van der Waals surface area contributed by atoms with Crippen molar-refractivity contribution in [3.05, 3.63) is 125 Å². The molecule has 3 saturated heterocycles. The number of piperazine rings is 1. The molecule has 0 bridgehead atoms. The number of carbonyl (C=O) groups excluding carboxylic acids is 6. The van der Waals surface area contributed by atoms with Crippen LogP contribution in [0.15, 0.2) is 96.8 Å². The van der Waals surface area contributed by atoms with E-state index in [1.165, 1.54) is 28.4 Å². The second-order valence-corrected chi connectivity index (χ2v) is 28.1. The number of urea groups is 1. The van der Waals surface area contributed by atoms with Crippen molar-refractivity contribution in [2.75, 3.05) is 149 Å². The van der Waals surface area contributed by atoms with Crippen LogP contribution in [0.4, 0.5) is 25.3 Å². The number of hydrogen-bond acceptors (Lipinski definition) is 20. The van der Waals surface area contributed by atoms with E-state index in [9.17, 15) is 42.7 Å². The summed E-state index contributed by atoms with van der Waals surface area (Å²) >= 11 is 1.50. The fraction of sp³-hybridized carbons (Fsp3) is 0.534. The van der Waals surface area contributed by atoms with Crippen LogP contribution >= 0.6 is 11.3 Å². The van der Waals surface area contributed by atoms with E-state index >= 15 is 0 Å². The van der Waals surface area contributed by atoms with Gasteiger partial charge in [-0.3, -0.25) is 34.2 Å².